The zero-order valence-electron chi connectivity index (χ0n) is 7.43. The van der Waals surface area contributed by atoms with Gasteiger partial charge >= 0.3 is 0 Å². The van der Waals surface area contributed by atoms with E-state index in [1.807, 2.05) is 0 Å². The molecule has 14 heavy (non-hydrogen) atoms. The largest absolute Gasteiger partial charge is 0.304 e. The van der Waals surface area contributed by atoms with Gasteiger partial charge in [-0.2, -0.15) is 0 Å². The number of hydrogen-bond donors (Lipinski definition) is 1. The Labute approximate surface area is 79.9 Å². The molecule has 1 aliphatic heterocycles. The molecule has 0 radical (unpaired) electrons. The smallest absolute Gasteiger partial charge is 0.262 e. The van der Waals surface area contributed by atoms with E-state index in [4.69, 9.17) is 0 Å². The van der Waals surface area contributed by atoms with E-state index in [2.05, 4.69) is 5.32 Å². The molecule has 0 bridgehead atoms. The van der Waals surface area contributed by atoms with Crippen LogP contribution in [0.3, 0.4) is 0 Å². The molecule has 1 nitrogen and oxygen atoms in total. The Bertz CT molecular complexity index is 338. The molecular formula is C10H10F3N. The lowest BCUT2D eigenvalue weighted by molar-refractivity contribution is 0.0209. The second-order valence-corrected chi connectivity index (χ2v) is 3.52. The van der Waals surface area contributed by atoms with Gasteiger partial charge in [0, 0.05) is 18.0 Å². The van der Waals surface area contributed by atoms with Crippen LogP contribution in [-0.2, 0) is 0 Å². The summed E-state index contributed by atoms with van der Waals surface area (Å²) in [5, 5.41) is 2.61. The van der Waals surface area contributed by atoms with Crippen LogP contribution in [0.15, 0.2) is 24.3 Å². The first kappa shape index (κ1) is 9.52. The maximum absolute atomic E-state index is 13.2. The van der Waals surface area contributed by atoms with Crippen LogP contribution >= 0.6 is 0 Å². The maximum atomic E-state index is 13.2. The molecule has 1 aromatic carbocycles. The molecule has 4 heteroatoms. The summed E-state index contributed by atoms with van der Waals surface area (Å²) in [4.78, 5) is 0. The van der Waals surface area contributed by atoms with Crippen LogP contribution < -0.4 is 5.32 Å². The lowest BCUT2D eigenvalue weighted by atomic mass is 10.0. The first-order chi connectivity index (χ1) is 6.58. The summed E-state index contributed by atoms with van der Waals surface area (Å²) in [5.74, 6) is -3.14. The van der Waals surface area contributed by atoms with E-state index < -0.39 is 17.8 Å². The van der Waals surface area contributed by atoms with E-state index in [-0.39, 0.29) is 13.0 Å². The minimum atomic E-state index is -2.72. The first-order valence-corrected chi connectivity index (χ1v) is 4.44. The van der Waals surface area contributed by atoms with Crippen molar-refractivity contribution in [2.24, 2.45) is 0 Å². The van der Waals surface area contributed by atoms with E-state index in [0.717, 1.165) is 0 Å². The van der Waals surface area contributed by atoms with Gasteiger partial charge in [-0.05, 0) is 6.07 Å². The number of halogens is 3. The molecule has 0 spiro atoms. The molecule has 1 N–H and O–H groups in total. The highest BCUT2D eigenvalue weighted by Crippen LogP contribution is 2.34. The van der Waals surface area contributed by atoms with Gasteiger partial charge in [-0.3, -0.25) is 0 Å². The Balaban J connectivity index is 2.22. The fourth-order valence-corrected chi connectivity index (χ4v) is 1.69. The van der Waals surface area contributed by atoms with E-state index in [0.29, 0.717) is 5.56 Å². The van der Waals surface area contributed by atoms with Crippen molar-refractivity contribution in [3.8, 4) is 0 Å². The topological polar surface area (TPSA) is 12.0 Å². The Morgan fingerprint density at radius 1 is 1.29 bits per heavy atom. The molecule has 0 amide bonds. The number of nitrogens with one attached hydrogen (secondary N) is 1. The Hall–Kier alpha value is -1.03. The molecule has 76 valence electrons. The molecule has 2 rings (SSSR count). The quantitative estimate of drug-likeness (QED) is 0.736. The van der Waals surface area contributed by atoms with Crippen molar-refractivity contribution in [1.82, 2.24) is 5.32 Å². The summed E-state index contributed by atoms with van der Waals surface area (Å²) < 4.78 is 38.9. The van der Waals surface area contributed by atoms with E-state index in [9.17, 15) is 13.2 Å². The first-order valence-electron chi connectivity index (χ1n) is 4.44. The third-order valence-corrected chi connectivity index (χ3v) is 2.39. The summed E-state index contributed by atoms with van der Waals surface area (Å²) >= 11 is 0. The van der Waals surface area contributed by atoms with Gasteiger partial charge in [0.15, 0.2) is 0 Å². The number of hydrogen-bond acceptors (Lipinski definition) is 1. The summed E-state index contributed by atoms with van der Waals surface area (Å²) in [6.45, 7) is -0.369. The molecule has 1 unspecified atom stereocenters. The van der Waals surface area contributed by atoms with Gasteiger partial charge in [0.25, 0.3) is 5.92 Å². The number of rotatable bonds is 1. The van der Waals surface area contributed by atoms with Crippen LogP contribution in [0.1, 0.15) is 18.0 Å². The Morgan fingerprint density at radius 3 is 2.57 bits per heavy atom. The fraction of sp³-hybridized carbons (Fsp3) is 0.400. The van der Waals surface area contributed by atoms with Gasteiger partial charge in [0.2, 0.25) is 0 Å². The van der Waals surface area contributed by atoms with Crippen molar-refractivity contribution in [1.29, 1.82) is 0 Å². The molecule has 1 saturated heterocycles. The molecule has 1 fully saturated rings. The molecule has 1 aromatic rings. The highest BCUT2D eigenvalue weighted by Gasteiger charge is 2.40. The van der Waals surface area contributed by atoms with E-state index in [1.54, 1.807) is 12.1 Å². The van der Waals surface area contributed by atoms with Gasteiger partial charge in [-0.1, -0.05) is 18.2 Å². The highest BCUT2D eigenvalue weighted by atomic mass is 19.3. The highest BCUT2D eigenvalue weighted by molar-refractivity contribution is 5.22. The Kier molecular flexibility index (Phi) is 2.23. The lowest BCUT2D eigenvalue weighted by Gasteiger charge is -2.11. The lowest BCUT2D eigenvalue weighted by Crippen LogP contribution is -2.19. The van der Waals surface area contributed by atoms with Gasteiger partial charge in [-0.15, -0.1) is 0 Å². The maximum Gasteiger partial charge on any atom is 0.262 e. The van der Waals surface area contributed by atoms with Crippen molar-refractivity contribution in [2.45, 2.75) is 18.4 Å². The van der Waals surface area contributed by atoms with Crippen molar-refractivity contribution in [3.63, 3.8) is 0 Å². The van der Waals surface area contributed by atoms with Crippen molar-refractivity contribution in [2.75, 3.05) is 6.54 Å². The summed E-state index contributed by atoms with van der Waals surface area (Å²) in [5.41, 5.74) is 0.324. The van der Waals surface area contributed by atoms with Crippen LogP contribution in [0.2, 0.25) is 0 Å². The molecule has 1 heterocycles. The van der Waals surface area contributed by atoms with Gasteiger partial charge < -0.3 is 5.32 Å². The summed E-state index contributed by atoms with van der Waals surface area (Å²) in [6, 6.07) is 5.45. The molecule has 1 aliphatic rings. The predicted molar refractivity (Wildman–Crippen MR) is 46.7 cm³/mol. The van der Waals surface area contributed by atoms with Crippen LogP contribution in [0.25, 0.3) is 0 Å². The van der Waals surface area contributed by atoms with E-state index >= 15 is 0 Å². The average Bonchev–Trinajstić information content (AvgIpc) is 2.47. The zero-order chi connectivity index (χ0) is 10.2. The average molecular weight is 201 g/mol. The fourth-order valence-electron chi connectivity index (χ4n) is 1.69. The number of alkyl halides is 2. The molecule has 0 aliphatic carbocycles. The van der Waals surface area contributed by atoms with Gasteiger partial charge in [0.05, 0.1) is 6.54 Å². The Morgan fingerprint density at radius 2 is 2.00 bits per heavy atom. The minimum Gasteiger partial charge on any atom is -0.304 e. The zero-order valence-corrected chi connectivity index (χ0v) is 7.43. The summed E-state index contributed by atoms with van der Waals surface area (Å²) in [6.07, 6.45) is -0.325. The summed E-state index contributed by atoms with van der Waals surface area (Å²) in [7, 11) is 0. The van der Waals surface area contributed by atoms with Crippen molar-refractivity contribution >= 4 is 0 Å². The third-order valence-electron chi connectivity index (χ3n) is 2.39. The second-order valence-electron chi connectivity index (χ2n) is 3.52. The second kappa shape index (κ2) is 3.28. The molecule has 0 saturated carbocycles. The van der Waals surface area contributed by atoms with Crippen LogP contribution in [-0.4, -0.2) is 12.5 Å². The van der Waals surface area contributed by atoms with Crippen LogP contribution in [0.4, 0.5) is 13.2 Å². The van der Waals surface area contributed by atoms with E-state index in [1.165, 1.54) is 12.1 Å². The minimum absolute atomic E-state index is 0.324. The monoisotopic (exact) mass is 201 g/mol. The molecular weight excluding hydrogens is 191 g/mol. The van der Waals surface area contributed by atoms with Crippen LogP contribution in [0.5, 0.6) is 0 Å². The molecule has 1 atom stereocenters. The predicted octanol–water partition coefficient (Wildman–Crippen LogP) is 2.50. The van der Waals surface area contributed by atoms with Crippen LogP contribution in [0, 0.1) is 5.82 Å². The van der Waals surface area contributed by atoms with Crippen molar-refractivity contribution < 1.29 is 13.2 Å². The normalized spacial score (nSPS) is 25.2. The van der Waals surface area contributed by atoms with Crippen molar-refractivity contribution in [3.05, 3.63) is 35.6 Å². The third kappa shape index (κ3) is 1.75. The standard InChI is InChI=1S/C10H10F3N/c11-8-4-2-1-3-7(8)9-5-10(12,13)6-14-9/h1-4,9,14H,5-6H2. The van der Waals surface area contributed by atoms with Gasteiger partial charge in [0.1, 0.15) is 5.82 Å². The SMILES string of the molecule is Fc1ccccc1C1CC(F)(F)CN1. The number of benzene rings is 1. The molecule has 0 aromatic heterocycles. The van der Waals surface area contributed by atoms with Gasteiger partial charge in [-0.25, -0.2) is 13.2 Å².